The molecule has 6 nitrogen and oxygen atoms in total. The molecule has 0 N–H and O–H groups in total. The summed E-state index contributed by atoms with van der Waals surface area (Å²) in [7, 11) is 0. The Bertz CT molecular complexity index is 844. The van der Waals surface area contributed by atoms with Crippen LogP contribution in [-0.2, 0) is 19.1 Å². The van der Waals surface area contributed by atoms with Crippen molar-refractivity contribution in [1.82, 2.24) is 4.90 Å². The number of Topliss-reactive ketones (excluding diaryl/α,β-unsaturated/α-hetero) is 1. The first-order valence-corrected chi connectivity index (χ1v) is 11.6. The number of benzene rings is 1. The molecule has 2 amide bonds. The number of amides is 2. The topological polar surface area (TPSA) is 80.8 Å². The van der Waals surface area contributed by atoms with Gasteiger partial charge in [0.25, 0.3) is 0 Å². The summed E-state index contributed by atoms with van der Waals surface area (Å²) < 4.78 is 5.02. The van der Waals surface area contributed by atoms with Crippen LogP contribution < -0.4 is 0 Å². The van der Waals surface area contributed by atoms with Crippen molar-refractivity contribution in [3.8, 4) is 0 Å². The van der Waals surface area contributed by atoms with Crippen molar-refractivity contribution in [3.63, 3.8) is 0 Å². The lowest BCUT2D eigenvalue weighted by molar-refractivity contribution is -0.145. The van der Waals surface area contributed by atoms with E-state index in [0.29, 0.717) is 10.6 Å². The van der Waals surface area contributed by atoms with Gasteiger partial charge in [-0.15, -0.1) is 0 Å². The lowest BCUT2D eigenvalue weighted by Gasteiger charge is -2.28. The monoisotopic (exact) mass is 545 g/mol. The predicted molar refractivity (Wildman–Crippen MR) is 112 cm³/mol. The Kier molecular flexibility index (Phi) is 5.88. The smallest absolute Gasteiger partial charge is 0.308 e. The second-order valence-corrected chi connectivity index (χ2v) is 10.2. The Labute approximate surface area is 189 Å². The summed E-state index contributed by atoms with van der Waals surface area (Å²) >= 11 is 13.1. The van der Waals surface area contributed by atoms with E-state index in [9.17, 15) is 19.2 Å². The highest BCUT2D eigenvalue weighted by Crippen LogP contribution is 2.60. The maximum Gasteiger partial charge on any atom is 0.308 e. The highest BCUT2D eigenvalue weighted by Gasteiger charge is 2.66. The first-order chi connectivity index (χ1) is 13.8. The van der Waals surface area contributed by atoms with Gasteiger partial charge in [-0.1, -0.05) is 43.5 Å². The molecule has 3 fully saturated rings. The van der Waals surface area contributed by atoms with Gasteiger partial charge < -0.3 is 4.74 Å². The van der Waals surface area contributed by atoms with Gasteiger partial charge in [-0.3, -0.25) is 24.1 Å². The van der Waals surface area contributed by atoms with Gasteiger partial charge in [-0.05, 0) is 42.5 Å². The molecule has 1 saturated heterocycles. The Balaban J connectivity index is 1.30. The van der Waals surface area contributed by atoms with Gasteiger partial charge in [0.05, 0.1) is 18.3 Å². The van der Waals surface area contributed by atoms with Crippen molar-refractivity contribution in [3.05, 3.63) is 34.9 Å². The van der Waals surface area contributed by atoms with Crippen LogP contribution in [-0.4, -0.2) is 51.3 Å². The summed E-state index contributed by atoms with van der Waals surface area (Å²) in [6.07, 6.45) is 0.733. The fourth-order valence-corrected chi connectivity index (χ4v) is 6.77. The highest BCUT2D eigenvalue weighted by molar-refractivity contribution is 9.12. The maximum absolute atomic E-state index is 12.8. The Hall–Kier alpha value is -1.25. The summed E-state index contributed by atoms with van der Waals surface area (Å²) in [6.45, 7) is -0.410. The minimum atomic E-state index is -0.621. The lowest BCUT2D eigenvalue weighted by Crippen LogP contribution is -2.37. The van der Waals surface area contributed by atoms with Gasteiger partial charge in [0, 0.05) is 26.8 Å². The van der Waals surface area contributed by atoms with E-state index in [4.69, 9.17) is 16.3 Å². The number of hydrogen-bond acceptors (Lipinski definition) is 5. The van der Waals surface area contributed by atoms with Crippen molar-refractivity contribution in [2.45, 2.75) is 22.5 Å². The number of alkyl halides is 2. The molecule has 3 aliphatic rings. The van der Waals surface area contributed by atoms with Gasteiger partial charge >= 0.3 is 5.97 Å². The molecule has 6 atom stereocenters. The first kappa shape index (κ1) is 21.0. The molecule has 4 rings (SSSR count). The lowest BCUT2D eigenvalue weighted by atomic mass is 9.81. The summed E-state index contributed by atoms with van der Waals surface area (Å²) in [6, 6.07) is 6.28. The van der Waals surface area contributed by atoms with E-state index in [0.717, 1.165) is 6.42 Å². The van der Waals surface area contributed by atoms with E-state index in [-0.39, 0.29) is 63.9 Å². The van der Waals surface area contributed by atoms with E-state index in [1.165, 1.54) is 4.90 Å². The number of carbonyl (C=O) groups excluding carboxylic acids is 4. The van der Waals surface area contributed by atoms with Crippen molar-refractivity contribution in [2.24, 2.45) is 23.7 Å². The van der Waals surface area contributed by atoms with Crippen LogP contribution in [0.5, 0.6) is 0 Å². The standard InChI is InChI=1S/C20H18Br2ClNO5/c21-17-11-7-12(18(17)22)16-15(11)19(27)24(20(16)28)6-5-14(26)29-8-13(25)9-1-3-10(23)4-2-9/h1-4,11-12,15-18H,5-8H2/t11-,12-,15-,16-,17-,18+/m1/s1. The molecule has 29 heavy (non-hydrogen) atoms. The molecular weight excluding hydrogens is 529 g/mol. The Morgan fingerprint density at radius 2 is 1.59 bits per heavy atom. The van der Waals surface area contributed by atoms with Crippen LogP contribution in [0.4, 0.5) is 0 Å². The Morgan fingerprint density at radius 1 is 1.03 bits per heavy atom. The molecule has 0 spiro atoms. The average Bonchev–Trinajstić information content (AvgIpc) is 3.30. The summed E-state index contributed by atoms with van der Waals surface area (Å²) in [5, 5.41) is 0.508. The van der Waals surface area contributed by atoms with Crippen LogP contribution in [0.1, 0.15) is 23.2 Å². The van der Waals surface area contributed by atoms with Crippen LogP contribution in [0.3, 0.4) is 0 Å². The van der Waals surface area contributed by atoms with Crippen LogP contribution in [0.15, 0.2) is 24.3 Å². The molecule has 0 aromatic heterocycles. The summed E-state index contributed by atoms with van der Waals surface area (Å²) in [5.41, 5.74) is 0.393. The van der Waals surface area contributed by atoms with E-state index in [2.05, 4.69) is 31.9 Å². The normalized spacial score (nSPS) is 32.6. The second-order valence-electron chi connectivity index (χ2n) is 7.67. The van der Waals surface area contributed by atoms with Crippen molar-refractivity contribution < 1.29 is 23.9 Å². The minimum Gasteiger partial charge on any atom is -0.457 e. The van der Waals surface area contributed by atoms with E-state index < -0.39 is 12.6 Å². The van der Waals surface area contributed by atoms with Gasteiger partial charge in [0.1, 0.15) is 0 Å². The minimum absolute atomic E-state index is 0.0159. The molecule has 1 aromatic rings. The largest absolute Gasteiger partial charge is 0.457 e. The molecule has 2 aliphatic carbocycles. The van der Waals surface area contributed by atoms with Crippen molar-refractivity contribution in [1.29, 1.82) is 0 Å². The van der Waals surface area contributed by atoms with Gasteiger partial charge in [-0.2, -0.15) is 0 Å². The van der Waals surface area contributed by atoms with Crippen LogP contribution in [0.25, 0.3) is 0 Å². The molecule has 9 heteroatoms. The molecule has 1 aliphatic heterocycles. The zero-order valence-corrected chi connectivity index (χ0v) is 19.2. The second kappa shape index (κ2) is 8.12. The number of likely N-dealkylation sites (tertiary alicyclic amines) is 1. The van der Waals surface area contributed by atoms with E-state index in [1.54, 1.807) is 24.3 Å². The van der Waals surface area contributed by atoms with Crippen LogP contribution in [0, 0.1) is 23.7 Å². The maximum atomic E-state index is 12.8. The molecule has 1 heterocycles. The van der Waals surface area contributed by atoms with Crippen molar-refractivity contribution >= 4 is 67.0 Å². The number of ether oxygens (including phenoxy) is 1. The number of imide groups is 1. The molecule has 1 aromatic carbocycles. The quantitative estimate of drug-likeness (QED) is 0.237. The number of fused-ring (bicyclic) bond motifs is 5. The first-order valence-electron chi connectivity index (χ1n) is 9.37. The van der Waals surface area contributed by atoms with Gasteiger partial charge in [-0.25, -0.2) is 0 Å². The molecule has 0 unspecified atom stereocenters. The van der Waals surface area contributed by atoms with Crippen molar-refractivity contribution in [2.75, 3.05) is 13.2 Å². The predicted octanol–water partition coefficient (Wildman–Crippen LogP) is 3.23. The fourth-order valence-electron chi connectivity index (χ4n) is 4.77. The molecule has 154 valence electrons. The summed E-state index contributed by atoms with van der Waals surface area (Å²) in [4.78, 5) is 51.2. The molecule has 2 saturated carbocycles. The third-order valence-corrected chi connectivity index (χ3v) is 9.61. The SMILES string of the molecule is O=C(CCN1C(=O)[C@@H]2[C@H]3C[C@@H]([C@@H](Br)[C@H]3Br)[C@H]2C1=O)OCC(=O)c1ccc(Cl)cc1. The zero-order valence-electron chi connectivity index (χ0n) is 15.2. The number of ketones is 1. The third kappa shape index (κ3) is 3.68. The van der Waals surface area contributed by atoms with E-state index in [1.807, 2.05) is 0 Å². The number of hydrogen-bond donors (Lipinski definition) is 0. The fraction of sp³-hybridized carbons (Fsp3) is 0.500. The molecule has 0 radical (unpaired) electrons. The van der Waals surface area contributed by atoms with Crippen LogP contribution in [0.2, 0.25) is 5.02 Å². The van der Waals surface area contributed by atoms with Gasteiger partial charge in [0.15, 0.2) is 12.4 Å². The Morgan fingerprint density at radius 3 is 2.14 bits per heavy atom. The number of halogens is 3. The third-order valence-electron chi connectivity index (χ3n) is 6.15. The highest BCUT2D eigenvalue weighted by atomic mass is 79.9. The van der Waals surface area contributed by atoms with Gasteiger partial charge in [0.2, 0.25) is 11.8 Å². The van der Waals surface area contributed by atoms with E-state index >= 15 is 0 Å². The number of esters is 1. The summed E-state index contributed by atoms with van der Waals surface area (Å²) in [5.74, 6) is -1.67. The zero-order chi connectivity index (χ0) is 20.9. The average molecular weight is 548 g/mol. The molecular formula is C20H18Br2ClNO5. The molecule has 2 bridgehead atoms. The number of carbonyl (C=O) groups is 4. The number of rotatable bonds is 6. The number of nitrogens with zero attached hydrogens (tertiary/aromatic N) is 1. The van der Waals surface area contributed by atoms with Crippen LogP contribution >= 0.6 is 43.5 Å².